The van der Waals surface area contributed by atoms with Crippen molar-refractivity contribution in [2.45, 2.75) is 44.7 Å². The lowest BCUT2D eigenvalue weighted by Gasteiger charge is -2.21. The van der Waals surface area contributed by atoms with E-state index in [0.29, 0.717) is 12.1 Å². The van der Waals surface area contributed by atoms with Gasteiger partial charge in [0.15, 0.2) is 0 Å². The fourth-order valence-corrected chi connectivity index (χ4v) is 5.36. The number of benzene rings is 1. The largest absolute Gasteiger partial charge is 0.337 e. The van der Waals surface area contributed by atoms with E-state index in [0.717, 1.165) is 14.9 Å². The van der Waals surface area contributed by atoms with Crippen molar-refractivity contribution in [3.8, 4) is 0 Å². The standard InChI is InChI=1S/C18H23BrN2O3S2/c1-12-6-7-15(26(23,24)20-18(2,3)4)9-16(12)17(22)21(5)10-14-8-13(19)11-25-14/h6-9,11,20H,10H2,1-5H3. The van der Waals surface area contributed by atoms with Crippen molar-refractivity contribution in [3.05, 3.63) is 50.1 Å². The molecule has 0 aliphatic rings. The first kappa shape index (κ1) is 21.1. The third kappa shape index (κ3) is 5.39. The summed E-state index contributed by atoms with van der Waals surface area (Å²) in [6.07, 6.45) is 0. The summed E-state index contributed by atoms with van der Waals surface area (Å²) in [5.41, 5.74) is 0.529. The van der Waals surface area contributed by atoms with Crippen molar-refractivity contribution < 1.29 is 13.2 Å². The average Bonchev–Trinajstić information content (AvgIpc) is 2.89. The van der Waals surface area contributed by atoms with E-state index >= 15 is 0 Å². The van der Waals surface area contributed by atoms with Crippen molar-refractivity contribution in [3.63, 3.8) is 0 Å². The molecular weight excluding hydrogens is 436 g/mol. The Labute approximate surface area is 167 Å². The molecule has 0 fully saturated rings. The van der Waals surface area contributed by atoms with Crippen LogP contribution in [0, 0.1) is 6.92 Å². The van der Waals surface area contributed by atoms with E-state index in [2.05, 4.69) is 20.7 Å². The fraction of sp³-hybridized carbons (Fsp3) is 0.389. The van der Waals surface area contributed by atoms with Gasteiger partial charge < -0.3 is 4.90 Å². The van der Waals surface area contributed by atoms with Crippen LogP contribution in [0.3, 0.4) is 0 Å². The van der Waals surface area contributed by atoms with Gasteiger partial charge in [0.1, 0.15) is 0 Å². The Hall–Kier alpha value is -1.22. The minimum absolute atomic E-state index is 0.0913. The highest BCUT2D eigenvalue weighted by Crippen LogP contribution is 2.23. The Kier molecular flexibility index (Phi) is 6.32. The lowest BCUT2D eigenvalue weighted by atomic mass is 10.1. The molecule has 2 rings (SSSR count). The molecule has 0 bridgehead atoms. The molecule has 26 heavy (non-hydrogen) atoms. The topological polar surface area (TPSA) is 66.5 Å². The number of carbonyl (C=O) groups is 1. The van der Waals surface area contributed by atoms with E-state index in [1.54, 1.807) is 57.0 Å². The molecule has 0 radical (unpaired) electrons. The minimum Gasteiger partial charge on any atom is -0.337 e. The molecule has 0 saturated carbocycles. The summed E-state index contributed by atoms with van der Waals surface area (Å²) < 4.78 is 28.7. The third-order valence-corrected chi connectivity index (χ3v) is 6.99. The minimum atomic E-state index is -3.70. The van der Waals surface area contributed by atoms with Gasteiger partial charge in [-0.25, -0.2) is 13.1 Å². The summed E-state index contributed by atoms with van der Waals surface area (Å²) in [5, 5.41) is 1.96. The summed E-state index contributed by atoms with van der Waals surface area (Å²) in [6.45, 7) is 7.59. The molecule has 8 heteroatoms. The number of sulfonamides is 1. The van der Waals surface area contributed by atoms with Gasteiger partial charge in [0.05, 0.1) is 11.4 Å². The van der Waals surface area contributed by atoms with Gasteiger partial charge in [-0.2, -0.15) is 0 Å². The van der Waals surface area contributed by atoms with Gasteiger partial charge in [0, 0.05) is 32.9 Å². The number of nitrogens with zero attached hydrogens (tertiary/aromatic N) is 1. The number of nitrogens with one attached hydrogen (secondary N) is 1. The Bertz CT molecular complexity index is 915. The van der Waals surface area contributed by atoms with E-state index < -0.39 is 15.6 Å². The van der Waals surface area contributed by atoms with E-state index in [4.69, 9.17) is 0 Å². The molecule has 0 aliphatic carbocycles. The highest BCUT2D eigenvalue weighted by molar-refractivity contribution is 9.10. The fourth-order valence-electron chi connectivity index (χ4n) is 2.41. The lowest BCUT2D eigenvalue weighted by Crippen LogP contribution is -2.40. The molecule has 1 amide bonds. The summed E-state index contributed by atoms with van der Waals surface area (Å²) >= 11 is 4.97. The Morgan fingerprint density at radius 1 is 1.27 bits per heavy atom. The van der Waals surface area contributed by atoms with Gasteiger partial charge in [-0.1, -0.05) is 6.07 Å². The first-order chi connectivity index (χ1) is 11.9. The molecule has 142 valence electrons. The van der Waals surface area contributed by atoms with E-state index in [-0.39, 0.29) is 10.8 Å². The van der Waals surface area contributed by atoms with Crippen LogP contribution in [0.4, 0.5) is 0 Å². The van der Waals surface area contributed by atoms with E-state index in [1.807, 2.05) is 11.4 Å². The molecular formula is C18H23BrN2O3S2. The first-order valence-electron chi connectivity index (χ1n) is 8.02. The molecule has 0 unspecified atom stereocenters. The van der Waals surface area contributed by atoms with Gasteiger partial charge in [0.2, 0.25) is 10.0 Å². The smallest absolute Gasteiger partial charge is 0.254 e. The molecule has 0 atom stereocenters. The molecule has 0 aliphatic heterocycles. The number of amides is 1. The highest BCUT2D eigenvalue weighted by atomic mass is 79.9. The maximum absolute atomic E-state index is 12.8. The molecule has 1 heterocycles. The van der Waals surface area contributed by atoms with Gasteiger partial charge in [0.25, 0.3) is 5.91 Å². The SMILES string of the molecule is Cc1ccc(S(=O)(=O)NC(C)(C)C)cc1C(=O)N(C)Cc1cc(Br)cs1. The molecule has 1 N–H and O–H groups in total. The molecule has 0 spiro atoms. The van der Waals surface area contributed by atoms with Crippen LogP contribution in [0.25, 0.3) is 0 Å². The lowest BCUT2D eigenvalue weighted by molar-refractivity contribution is 0.0785. The van der Waals surface area contributed by atoms with Crippen LogP contribution in [0.15, 0.2) is 39.0 Å². The van der Waals surface area contributed by atoms with Crippen LogP contribution < -0.4 is 4.72 Å². The number of hydrogen-bond acceptors (Lipinski definition) is 4. The van der Waals surface area contributed by atoms with Crippen LogP contribution in [0.5, 0.6) is 0 Å². The molecule has 5 nitrogen and oxygen atoms in total. The number of rotatable bonds is 5. The van der Waals surface area contributed by atoms with Gasteiger partial charge in [-0.15, -0.1) is 11.3 Å². The first-order valence-corrected chi connectivity index (χ1v) is 11.2. The molecule has 1 aromatic carbocycles. The van der Waals surface area contributed by atoms with Crippen LogP contribution >= 0.6 is 27.3 Å². The second-order valence-electron chi connectivity index (χ2n) is 7.22. The van der Waals surface area contributed by atoms with E-state index in [9.17, 15) is 13.2 Å². The number of hydrogen-bond donors (Lipinski definition) is 1. The number of aryl methyl sites for hydroxylation is 1. The number of halogens is 1. The van der Waals surface area contributed by atoms with Gasteiger partial charge >= 0.3 is 0 Å². The maximum atomic E-state index is 12.8. The third-order valence-electron chi connectivity index (χ3n) is 3.55. The Morgan fingerprint density at radius 3 is 2.46 bits per heavy atom. The summed E-state index contributed by atoms with van der Waals surface area (Å²) in [5.74, 6) is -0.208. The van der Waals surface area contributed by atoms with Crippen molar-refractivity contribution >= 4 is 43.2 Å². The van der Waals surface area contributed by atoms with Crippen LogP contribution in [0.1, 0.15) is 41.6 Å². The summed E-state index contributed by atoms with van der Waals surface area (Å²) in [6, 6.07) is 6.61. The Balaban J connectivity index is 2.30. The van der Waals surface area contributed by atoms with Crippen molar-refractivity contribution in [2.24, 2.45) is 0 Å². The second-order valence-corrected chi connectivity index (χ2v) is 10.8. The molecule has 1 aromatic heterocycles. The molecule has 2 aromatic rings. The second kappa shape index (κ2) is 7.80. The normalized spacial score (nSPS) is 12.2. The van der Waals surface area contributed by atoms with Crippen molar-refractivity contribution in [1.82, 2.24) is 9.62 Å². The maximum Gasteiger partial charge on any atom is 0.254 e. The van der Waals surface area contributed by atoms with Crippen molar-refractivity contribution in [1.29, 1.82) is 0 Å². The van der Waals surface area contributed by atoms with Crippen LogP contribution in [-0.2, 0) is 16.6 Å². The summed E-state index contributed by atoms with van der Waals surface area (Å²) in [4.78, 5) is 15.6. The van der Waals surface area contributed by atoms with Crippen LogP contribution in [0.2, 0.25) is 0 Å². The zero-order chi connectivity index (χ0) is 19.7. The van der Waals surface area contributed by atoms with Gasteiger partial charge in [-0.3, -0.25) is 4.79 Å². The number of thiophene rings is 1. The molecule has 0 saturated heterocycles. The zero-order valence-corrected chi connectivity index (χ0v) is 18.7. The zero-order valence-electron chi connectivity index (χ0n) is 15.5. The summed E-state index contributed by atoms with van der Waals surface area (Å²) in [7, 11) is -1.98. The average molecular weight is 459 g/mol. The monoisotopic (exact) mass is 458 g/mol. The number of carbonyl (C=O) groups excluding carboxylic acids is 1. The predicted octanol–water partition coefficient (Wildman–Crippen LogP) is 4.17. The van der Waals surface area contributed by atoms with Crippen molar-refractivity contribution in [2.75, 3.05) is 7.05 Å². The van der Waals surface area contributed by atoms with Gasteiger partial charge in [-0.05, 0) is 67.4 Å². The highest BCUT2D eigenvalue weighted by Gasteiger charge is 2.24. The Morgan fingerprint density at radius 2 is 1.92 bits per heavy atom. The quantitative estimate of drug-likeness (QED) is 0.730. The predicted molar refractivity (Wildman–Crippen MR) is 109 cm³/mol. The van der Waals surface area contributed by atoms with Crippen LogP contribution in [-0.4, -0.2) is 31.8 Å². The van der Waals surface area contributed by atoms with E-state index in [1.165, 1.54) is 12.1 Å².